The molecule has 34 heavy (non-hydrogen) atoms. The summed E-state index contributed by atoms with van der Waals surface area (Å²) in [5.41, 5.74) is 8.95. The van der Waals surface area contributed by atoms with Gasteiger partial charge >= 0.3 is 0 Å². The number of carbonyl (C=O) groups is 1. The summed E-state index contributed by atoms with van der Waals surface area (Å²) in [4.78, 5) is 19.1. The fourth-order valence-corrected chi connectivity index (χ4v) is 6.79. The number of para-hydroxylation sites is 1. The van der Waals surface area contributed by atoms with Gasteiger partial charge in [0.2, 0.25) is 5.91 Å². The van der Waals surface area contributed by atoms with Crippen LogP contribution in [0.2, 0.25) is 0 Å². The van der Waals surface area contributed by atoms with Gasteiger partial charge in [0.05, 0.1) is 5.41 Å². The lowest BCUT2D eigenvalue weighted by Crippen LogP contribution is -2.37. The molecule has 4 heteroatoms. The number of H-pyrrole nitrogens is 1. The van der Waals surface area contributed by atoms with E-state index >= 15 is 0 Å². The molecule has 1 atom stereocenters. The minimum atomic E-state index is -0.260. The zero-order valence-corrected chi connectivity index (χ0v) is 20.3. The smallest absolute Gasteiger partial charge is 0.235 e. The fourth-order valence-electron chi connectivity index (χ4n) is 6.79. The first kappa shape index (κ1) is 21.7. The molecule has 2 aromatic carbocycles. The van der Waals surface area contributed by atoms with Crippen LogP contribution in [0.25, 0.3) is 16.5 Å². The monoisotopic (exact) mass is 453 g/mol. The number of fused-ring (bicyclic) bond motifs is 1. The summed E-state index contributed by atoms with van der Waals surface area (Å²) in [5.74, 6) is 0.246. The molecule has 1 unspecified atom stereocenters. The Hall–Kier alpha value is -2.85. The number of nitrogens with one attached hydrogen (secondary N) is 2. The molecule has 0 spiro atoms. The van der Waals surface area contributed by atoms with Crippen LogP contribution >= 0.6 is 0 Å². The summed E-state index contributed by atoms with van der Waals surface area (Å²) in [7, 11) is 0. The molecule has 0 fully saturated rings. The summed E-state index contributed by atoms with van der Waals surface area (Å²) in [6.45, 7) is 5.52. The first-order chi connectivity index (χ1) is 16.7. The van der Waals surface area contributed by atoms with Crippen molar-refractivity contribution in [2.75, 3.05) is 25.0 Å². The van der Waals surface area contributed by atoms with Gasteiger partial charge in [-0.15, -0.1) is 0 Å². The van der Waals surface area contributed by atoms with E-state index in [0.29, 0.717) is 0 Å². The van der Waals surface area contributed by atoms with Crippen LogP contribution in [0.3, 0.4) is 0 Å². The highest BCUT2D eigenvalue weighted by Crippen LogP contribution is 2.49. The number of rotatable bonds is 7. The van der Waals surface area contributed by atoms with Gasteiger partial charge in [0.25, 0.3) is 0 Å². The molecule has 2 N–H and O–H groups in total. The summed E-state index contributed by atoms with van der Waals surface area (Å²) in [6, 6.07) is 15.0. The van der Waals surface area contributed by atoms with E-state index in [1.165, 1.54) is 51.7 Å². The van der Waals surface area contributed by atoms with Gasteiger partial charge in [-0.1, -0.05) is 49.2 Å². The van der Waals surface area contributed by atoms with E-state index in [1.54, 1.807) is 0 Å². The van der Waals surface area contributed by atoms with Gasteiger partial charge in [-0.25, -0.2) is 0 Å². The molecule has 1 aromatic heterocycles. The lowest BCUT2D eigenvalue weighted by molar-refractivity contribution is -0.121. The van der Waals surface area contributed by atoms with Crippen LogP contribution in [0, 0.1) is 6.92 Å². The van der Waals surface area contributed by atoms with E-state index in [2.05, 4.69) is 70.7 Å². The molecule has 0 bridgehead atoms. The van der Waals surface area contributed by atoms with Crippen LogP contribution in [-0.4, -0.2) is 35.4 Å². The number of aromatic nitrogens is 1. The molecule has 6 rings (SSSR count). The molecule has 3 aliphatic rings. The van der Waals surface area contributed by atoms with Crippen molar-refractivity contribution in [3.63, 3.8) is 0 Å². The molecule has 0 radical (unpaired) electrons. The number of nitrogens with zero attached hydrogens (tertiary/aromatic N) is 1. The fraction of sp³-hybridized carbons (Fsp3) is 0.433. The molecular formula is C30H35N3O. The Balaban J connectivity index is 1.03. The number of hydrogen-bond acceptors (Lipinski definition) is 2. The van der Waals surface area contributed by atoms with Gasteiger partial charge in [-0.05, 0) is 80.8 Å². The number of amides is 1. The van der Waals surface area contributed by atoms with Crippen LogP contribution < -0.4 is 5.32 Å². The van der Waals surface area contributed by atoms with E-state index in [1.807, 2.05) is 0 Å². The number of anilines is 1. The van der Waals surface area contributed by atoms with E-state index < -0.39 is 0 Å². The molecule has 0 saturated carbocycles. The number of aryl methyl sites for hydroxylation is 2. The van der Waals surface area contributed by atoms with Gasteiger partial charge in [-0.3, -0.25) is 9.69 Å². The molecule has 4 nitrogen and oxygen atoms in total. The predicted octanol–water partition coefficient (Wildman–Crippen LogP) is 6.35. The van der Waals surface area contributed by atoms with Crippen molar-refractivity contribution in [2.24, 2.45) is 0 Å². The minimum absolute atomic E-state index is 0.246. The summed E-state index contributed by atoms with van der Waals surface area (Å²) in [6.07, 6.45) is 11.3. The Bertz CT molecular complexity index is 1270. The maximum absolute atomic E-state index is 13.0. The van der Waals surface area contributed by atoms with Gasteiger partial charge in [-0.2, -0.15) is 0 Å². The van der Waals surface area contributed by atoms with Crippen molar-refractivity contribution in [3.8, 4) is 0 Å². The first-order valence-corrected chi connectivity index (χ1v) is 13.1. The Morgan fingerprint density at radius 2 is 1.94 bits per heavy atom. The van der Waals surface area contributed by atoms with E-state index in [0.717, 1.165) is 63.8 Å². The van der Waals surface area contributed by atoms with Crippen molar-refractivity contribution >= 4 is 28.1 Å². The van der Waals surface area contributed by atoms with E-state index in [4.69, 9.17) is 0 Å². The van der Waals surface area contributed by atoms with Crippen LogP contribution in [0.15, 0.2) is 48.5 Å². The SMILES string of the molecule is Cc1[nH]c2ccccc2c1C1=CCN(CCCCCC23CCCc4cccc(c42)NC3=O)CC1. The van der Waals surface area contributed by atoms with Gasteiger partial charge < -0.3 is 10.3 Å². The number of benzene rings is 2. The second kappa shape index (κ2) is 8.74. The highest BCUT2D eigenvalue weighted by Gasteiger charge is 2.48. The lowest BCUT2D eigenvalue weighted by Gasteiger charge is -2.33. The van der Waals surface area contributed by atoms with Crippen molar-refractivity contribution in [1.29, 1.82) is 0 Å². The second-order valence-electron chi connectivity index (χ2n) is 10.5. The molecule has 3 heterocycles. The summed E-state index contributed by atoms with van der Waals surface area (Å²) >= 11 is 0. The van der Waals surface area contributed by atoms with E-state index in [9.17, 15) is 4.79 Å². The molecule has 176 valence electrons. The van der Waals surface area contributed by atoms with Gasteiger partial charge in [0.15, 0.2) is 0 Å². The summed E-state index contributed by atoms with van der Waals surface area (Å²) in [5, 5.41) is 4.54. The van der Waals surface area contributed by atoms with Gasteiger partial charge in [0, 0.05) is 40.9 Å². The number of carbonyl (C=O) groups excluding carboxylic acids is 1. The van der Waals surface area contributed by atoms with Crippen molar-refractivity contribution in [2.45, 2.75) is 63.7 Å². The van der Waals surface area contributed by atoms with Crippen molar-refractivity contribution in [1.82, 2.24) is 9.88 Å². The van der Waals surface area contributed by atoms with Gasteiger partial charge in [0.1, 0.15) is 0 Å². The highest BCUT2D eigenvalue weighted by atomic mass is 16.2. The third-order valence-electron chi connectivity index (χ3n) is 8.45. The Kier molecular flexibility index (Phi) is 5.57. The summed E-state index contributed by atoms with van der Waals surface area (Å²) < 4.78 is 0. The third kappa shape index (κ3) is 3.60. The molecule has 3 aromatic rings. The average Bonchev–Trinajstić information content (AvgIpc) is 3.34. The largest absolute Gasteiger partial charge is 0.358 e. The number of hydrogen-bond donors (Lipinski definition) is 2. The van der Waals surface area contributed by atoms with Crippen molar-refractivity contribution in [3.05, 3.63) is 70.9 Å². The topological polar surface area (TPSA) is 48.1 Å². The third-order valence-corrected chi connectivity index (χ3v) is 8.45. The number of aromatic amines is 1. The zero-order valence-electron chi connectivity index (χ0n) is 20.3. The lowest BCUT2D eigenvalue weighted by atomic mass is 9.68. The molecule has 2 aliphatic heterocycles. The average molecular weight is 454 g/mol. The molecule has 0 saturated heterocycles. The molecule has 1 amide bonds. The van der Waals surface area contributed by atoms with Crippen LogP contribution in [0.5, 0.6) is 0 Å². The minimum Gasteiger partial charge on any atom is -0.358 e. The first-order valence-electron chi connectivity index (χ1n) is 13.1. The van der Waals surface area contributed by atoms with Crippen LogP contribution in [0.4, 0.5) is 5.69 Å². The van der Waals surface area contributed by atoms with Crippen LogP contribution in [-0.2, 0) is 16.6 Å². The van der Waals surface area contributed by atoms with Crippen LogP contribution in [0.1, 0.15) is 67.3 Å². The molecular weight excluding hydrogens is 418 g/mol. The van der Waals surface area contributed by atoms with E-state index in [-0.39, 0.29) is 11.3 Å². The maximum atomic E-state index is 13.0. The Morgan fingerprint density at radius 1 is 1.03 bits per heavy atom. The highest BCUT2D eigenvalue weighted by molar-refractivity contribution is 6.07. The second-order valence-corrected chi connectivity index (χ2v) is 10.5. The number of unbranched alkanes of at least 4 members (excludes halogenated alkanes) is 2. The Labute approximate surface area is 202 Å². The predicted molar refractivity (Wildman–Crippen MR) is 140 cm³/mol. The Morgan fingerprint density at radius 3 is 2.82 bits per heavy atom. The standard InChI is InChI=1S/C30H35N3O/c1-21-27(24-11-3-4-12-25(24)31-21)22-14-19-33(20-15-22)18-6-2-5-16-30-17-8-10-23-9-7-13-26(28(23)30)32-29(30)34/h3-4,7,9,11-14,31H,2,5-6,8,10,15-20H2,1H3,(H,32,34). The quantitative estimate of drug-likeness (QED) is 0.409. The normalized spacial score (nSPS) is 22.0. The maximum Gasteiger partial charge on any atom is 0.235 e. The zero-order chi connectivity index (χ0) is 23.1. The van der Waals surface area contributed by atoms with Crippen molar-refractivity contribution < 1.29 is 4.79 Å². The molecule has 1 aliphatic carbocycles.